The van der Waals surface area contributed by atoms with Crippen LogP contribution in [-0.4, -0.2) is 154 Å². The Labute approximate surface area is 724 Å². The maximum absolute atomic E-state index is 13.4. The number of carbonyl (C=O) groups excluding carboxylic acids is 6. The third kappa shape index (κ3) is 34.1. The second kappa shape index (κ2) is 45.0. The zero-order valence-corrected chi connectivity index (χ0v) is 78.5. The normalized spacial score (nSPS) is 17.9. The number of nitrogens with zero attached hydrogens (tertiary/aromatic N) is 3. The van der Waals surface area contributed by atoms with E-state index in [0.29, 0.717) is 33.8 Å². The van der Waals surface area contributed by atoms with Crippen LogP contribution < -0.4 is 46.1 Å². The monoisotopic (exact) mass is 1810 g/mol. The highest BCUT2D eigenvalue weighted by atomic mass is 32.2. The first-order chi connectivity index (χ1) is 55.8. The number of anilines is 3. The van der Waals surface area contributed by atoms with E-state index in [0.717, 1.165) is 107 Å². The first-order valence-corrected chi connectivity index (χ1v) is 48.2. The molecule has 120 heavy (non-hydrogen) atoms. The van der Waals surface area contributed by atoms with Gasteiger partial charge in [-0.2, -0.15) is 3.89 Å². The number of carbonyl (C=O) groups is 6. The van der Waals surface area contributed by atoms with Crippen molar-refractivity contribution in [3.05, 3.63) is 88.2 Å². The van der Waals surface area contributed by atoms with E-state index < -0.39 is 83.2 Å². The largest absolute Gasteiger partial charge is 0.447 e. The molecule has 3 aliphatic carbocycles. The minimum atomic E-state index is -3.94. The third-order valence-electron chi connectivity index (χ3n) is 17.5. The molecular formula is C82H123FN12O18S7. The molecule has 0 unspecified atom stereocenters. The van der Waals surface area contributed by atoms with Crippen LogP contribution in [0.25, 0.3) is 31.3 Å². The number of rotatable bonds is 24. The van der Waals surface area contributed by atoms with Crippen LogP contribution in [0, 0.1) is 0 Å². The van der Waals surface area contributed by atoms with Gasteiger partial charge in [0.05, 0.1) is 81.0 Å². The second-order valence-corrected chi connectivity index (χ2v) is 42.7. The molecule has 3 aliphatic rings. The van der Waals surface area contributed by atoms with E-state index in [9.17, 15) is 57.9 Å². The SMILES string of the molecule is CC(C)OC(=O)Nc1ccc(-c2cnc(C3CCC(NC(=O)OC(C)C)CC3)s2)c(S(=O)(=O)NC(C)(C)C)c1.CC(C)OC(=O)Nc1ccc(-c2cnc(C3CCC(NC(=O)OC(C)C)CC3)s2)c(S(=O)(=O)NC(C)(C)C)c1.CC(C)OC(=O)Nc1ccc(-c2cnc(C3CCC(NC(=O)OC(C)C)CC3)s2)c(S(=O)(=O)NC(C)(C)C)c1.CSF. The van der Waals surface area contributed by atoms with Gasteiger partial charge in [-0.15, -0.1) is 34.0 Å². The average molecular weight is 1810 g/mol. The molecule has 3 aromatic heterocycles. The standard InChI is InChI=1S/3C27H40N4O6S2.CH3FS/c3*1-16(2)36-25(32)29-19-10-8-18(9-11-19)24-28-15-22(38-24)21-13-12-20(30-26(33)37-17(3)4)14-23(21)39(34,35)31-27(5,6)7;1-3-2/h3*12-19,31H,8-11H2,1-7H3,(H,29,32)(H,30,33);1H3. The molecule has 0 spiro atoms. The van der Waals surface area contributed by atoms with Crippen molar-refractivity contribution in [3.63, 3.8) is 0 Å². The van der Waals surface area contributed by atoms with Gasteiger partial charge in [0.25, 0.3) is 0 Å². The van der Waals surface area contributed by atoms with Gasteiger partial charge in [0, 0.05) is 123 Å². The van der Waals surface area contributed by atoms with E-state index in [1.54, 1.807) is 159 Å². The number of thiazole rings is 3. The fourth-order valence-electron chi connectivity index (χ4n) is 13.0. The zero-order chi connectivity index (χ0) is 89.6. The van der Waals surface area contributed by atoms with Crippen LogP contribution in [0.1, 0.15) is 255 Å². The van der Waals surface area contributed by atoms with Gasteiger partial charge < -0.3 is 44.4 Å². The smallest absolute Gasteiger partial charge is 0.411 e. The lowest BCUT2D eigenvalue weighted by Gasteiger charge is -2.28. The minimum Gasteiger partial charge on any atom is -0.447 e. The van der Waals surface area contributed by atoms with Crippen LogP contribution in [-0.2, 0) is 58.5 Å². The minimum absolute atomic E-state index is 0.0477. The predicted octanol–water partition coefficient (Wildman–Crippen LogP) is 19.2. The van der Waals surface area contributed by atoms with E-state index in [4.69, 9.17) is 28.4 Å². The van der Waals surface area contributed by atoms with Crippen LogP contribution in [0.2, 0.25) is 0 Å². The van der Waals surface area contributed by atoms with Gasteiger partial charge >= 0.3 is 36.6 Å². The summed E-state index contributed by atoms with van der Waals surface area (Å²) >= 11 is 4.65. The molecule has 6 aromatic rings. The van der Waals surface area contributed by atoms with Gasteiger partial charge in [0.2, 0.25) is 30.1 Å². The number of benzene rings is 3. The molecule has 0 bridgehead atoms. The molecule has 668 valence electrons. The van der Waals surface area contributed by atoms with Crippen molar-refractivity contribution in [2.45, 2.75) is 326 Å². The Bertz CT molecular complexity index is 4280. The van der Waals surface area contributed by atoms with Gasteiger partial charge in [-0.05, 0) is 259 Å². The molecule has 0 aliphatic heterocycles. The molecule has 9 N–H and O–H groups in total. The molecule has 0 saturated heterocycles. The van der Waals surface area contributed by atoms with E-state index in [1.165, 1.54) is 58.5 Å². The molecule has 3 heterocycles. The summed E-state index contributed by atoms with van der Waals surface area (Å²) in [5, 5.41) is 19.4. The summed E-state index contributed by atoms with van der Waals surface area (Å²) in [6.45, 7) is 37.2. The van der Waals surface area contributed by atoms with Crippen molar-refractivity contribution in [3.8, 4) is 31.3 Å². The molecular weight excluding hydrogens is 1680 g/mol. The maximum Gasteiger partial charge on any atom is 0.411 e. The Morgan fingerprint density at radius 3 is 0.758 bits per heavy atom. The predicted molar refractivity (Wildman–Crippen MR) is 472 cm³/mol. The van der Waals surface area contributed by atoms with E-state index in [2.05, 4.69) is 61.0 Å². The summed E-state index contributed by atoms with van der Waals surface area (Å²) in [4.78, 5) is 88.5. The van der Waals surface area contributed by atoms with Crippen LogP contribution >= 0.6 is 46.2 Å². The van der Waals surface area contributed by atoms with Gasteiger partial charge in [0.1, 0.15) is 0 Å². The lowest BCUT2D eigenvalue weighted by Crippen LogP contribution is -2.40. The van der Waals surface area contributed by atoms with Crippen LogP contribution in [0.3, 0.4) is 0 Å². The van der Waals surface area contributed by atoms with Crippen molar-refractivity contribution in [2.75, 3.05) is 22.2 Å². The summed E-state index contributed by atoms with van der Waals surface area (Å²) in [6.07, 6.45) is 11.9. The van der Waals surface area contributed by atoms with Crippen molar-refractivity contribution < 1.29 is 86.3 Å². The maximum atomic E-state index is 13.4. The van der Waals surface area contributed by atoms with Gasteiger partial charge in [-0.3, -0.25) is 16.0 Å². The Kier molecular flexibility index (Phi) is 37.9. The number of nitrogens with one attached hydrogen (secondary N) is 9. The molecule has 3 saturated carbocycles. The highest BCUT2D eigenvalue weighted by Gasteiger charge is 2.35. The zero-order valence-electron chi connectivity index (χ0n) is 72.8. The molecule has 38 heteroatoms. The highest BCUT2D eigenvalue weighted by molar-refractivity contribution is 7.93. The highest BCUT2D eigenvalue weighted by Crippen LogP contribution is 2.44. The topological polar surface area (TPSA) is 407 Å². The Hall–Kier alpha value is -7.82. The molecule has 9 rings (SSSR count). The molecule has 3 fully saturated rings. The van der Waals surface area contributed by atoms with E-state index in [1.807, 2.05) is 41.5 Å². The summed E-state index contributed by atoms with van der Waals surface area (Å²) < 4.78 is 130. The van der Waals surface area contributed by atoms with Gasteiger partial charge in [-0.1, -0.05) is 18.2 Å². The van der Waals surface area contributed by atoms with Gasteiger partial charge in [-0.25, -0.2) is 83.1 Å². The summed E-state index contributed by atoms with van der Waals surface area (Å²) in [5.74, 6) is 0.673. The lowest BCUT2D eigenvalue weighted by atomic mass is 9.86. The first kappa shape index (κ1) is 101. The number of sulfonamides is 3. The Morgan fingerprint density at radius 2 is 0.567 bits per heavy atom. The van der Waals surface area contributed by atoms with Crippen molar-refractivity contribution in [2.24, 2.45) is 0 Å². The van der Waals surface area contributed by atoms with Crippen LogP contribution in [0.4, 0.5) is 49.7 Å². The number of amides is 6. The molecule has 30 nitrogen and oxygen atoms in total. The number of hydrogen-bond donors (Lipinski definition) is 9. The number of ether oxygens (including phenoxy) is 6. The van der Waals surface area contributed by atoms with Crippen molar-refractivity contribution in [1.29, 1.82) is 0 Å². The summed E-state index contributed by atoms with van der Waals surface area (Å²) in [5.41, 5.74) is 0.330. The molecule has 0 radical (unpaired) electrons. The van der Waals surface area contributed by atoms with Gasteiger partial charge in [0.15, 0.2) is 0 Å². The van der Waals surface area contributed by atoms with E-state index in [-0.39, 0.29) is 99.3 Å². The number of halogens is 1. The molecule has 3 aromatic carbocycles. The number of hydrogen-bond acceptors (Lipinski definition) is 25. The number of aromatic nitrogens is 3. The molecule has 0 atom stereocenters. The number of alkyl carbamates (subject to hydrolysis) is 3. The fraction of sp³-hybridized carbons (Fsp3) is 0.598. The van der Waals surface area contributed by atoms with Crippen molar-refractivity contribution in [1.82, 2.24) is 45.1 Å². The Morgan fingerprint density at radius 1 is 0.367 bits per heavy atom. The Balaban J connectivity index is 0.000000274. The average Bonchev–Trinajstić information content (AvgIpc) is 1.69. The summed E-state index contributed by atoms with van der Waals surface area (Å²) in [7, 11) is -11.8. The fourth-order valence-corrected chi connectivity index (χ4v) is 21.6. The van der Waals surface area contributed by atoms with Crippen molar-refractivity contribution >= 4 is 130 Å². The summed E-state index contributed by atoms with van der Waals surface area (Å²) in [6, 6.07) is 14.5. The van der Waals surface area contributed by atoms with E-state index >= 15 is 0 Å². The molecule has 6 amide bonds. The van der Waals surface area contributed by atoms with Crippen LogP contribution in [0.15, 0.2) is 87.9 Å². The lowest BCUT2D eigenvalue weighted by molar-refractivity contribution is 0.108. The second-order valence-electron chi connectivity index (χ2n) is 34.2. The first-order valence-electron chi connectivity index (χ1n) is 40.2. The third-order valence-corrected chi connectivity index (χ3v) is 26.5. The quantitative estimate of drug-likeness (QED) is 0.0254. The van der Waals surface area contributed by atoms with Crippen LogP contribution in [0.5, 0.6) is 0 Å².